The third-order valence-electron chi connectivity index (χ3n) is 5.19. The van der Waals surface area contributed by atoms with Crippen molar-refractivity contribution < 1.29 is 19.5 Å². The number of carboxylic acid groups (broad SMARTS) is 1. The highest BCUT2D eigenvalue weighted by Crippen LogP contribution is 2.23. The molecule has 0 aliphatic heterocycles. The average molecular weight is 423 g/mol. The number of fused-ring (bicyclic) bond motifs is 1. The number of ether oxygens (including phenoxy) is 1. The van der Waals surface area contributed by atoms with E-state index in [0.717, 1.165) is 36.2 Å². The minimum absolute atomic E-state index is 0.406. The molecule has 1 unspecified atom stereocenters. The van der Waals surface area contributed by atoms with Crippen molar-refractivity contribution >= 4 is 22.6 Å². The van der Waals surface area contributed by atoms with Crippen molar-refractivity contribution in [3.63, 3.8) is 0 Å². The molecule has 1 heterocycles. The molecule has 0 saturated carbocycles. The number of aryl methyl sites for hydroxylation is 1. The Labute approximate surface area is 183 Å². The molecule has 6 nitrogen and oxygen atoms in total. The maximum absolute atomic E-state index is 11.2. The first-order valence-corrected chi connectivity index (χ1v) is 10.8. The maximum atomic E-state index is 11.2. The van der Waals surface area contributed by atoms with Crippen molar-refractivity contribution in [1.82, 2.24) is 4.57 Å². The summed E-state index contributed by atoms with van der Waals surface area (Å²) in [6, 6.07) is 16.1. The Morgan fingerprint density at radius 1 is 1.16 bits per heavy atom. The lowest BCUT2D eigenvalue weighted by Gasteiger charge is -2.16. The van der Waals surface area contributed by atoms with Crippen LogP contribution in [0.3, 0.4) is 0 Å². The predicted octanol–water partition coefficient (Wildman–Crippen LogP) is 5.41. The van der Waals surface area contributed by atoms with Crippen LogP contribution in [0.2, 0.25) is 0 Å². The van der Waals surface area contributed by atoms with E-state index >= 15 is 0 Å². The van der Waals surface area contributed by atoms with E-state index in [-0.39, 0.29) is 0 Å². The number of carboxylic acids is 1. The Morgan fingerprint density at radius 3 is 2.68 bits per heavy atom. The first kappa shape index (κ1) is 22.4. The molecule has 1 aromatic heterocycles. The Kier molecular flexibility index (Phi) is 7.70. The van der Waals surface area contributed by atoms with Crippen LogP contribution < -0.4 is 4.74 Å². The van der Waals surface area contributed by atoms with E-state index in [2.05, 4.69) is 41.0 Å². The molecule has 1 N–H and O–H groups in total. The van der Waals surface area contributed by atoms with Crippen molar-refractivity contribution in [2.45, 2.75) is 52.7 Å². The molecule has 0 saturated heterocycles. The molecule has 0 amide bonds. The second kappa shape index (κ2) is 10.7. The minimum atomic E-state index is -0.955. The largest absolute Gasteiger partial charge is 0.479 e. The topological polar surface area (TPSA) is 73.0 Å². The zero-order valence-electron chi connectivity index (χ0n) is 18.4. The van der Waals surface area contributed by atoms with Gasteiger partial charge in [0.1, 0.15) is 12.4 Å². The summed E-state index contributed by atoms with van der Waals surface area (Å²) in [6.45, 7) is 7.00. The fraction of sp³-hybridized carbons (Fsp3) is 0.360. The molecule has 164 valence electrons. The van der Waals surface area contributed by atoms with Gasteiger partial charge in [0.15, 0.2) is 6.10 Å². The summed E-state index contributed by atoms with van der Waals surface area (Å²) in [5.41, 5.74) is 3.89. The van der Waals surface area contributed by atoms with Gasteiger partial charge in [0, 0.05) is 11.7 Å². The van der Waals surface area contributed by atoms with Crippen LogP contribution in [0, 0.1) is 6.92 Å². The van der Waals surface area contributed by atoms with Crippen molar-refractivity contribution in [2.75, 3.05) is 6.61 Å². The summed E-state index contributed by atoms with van der Waals surface area (Å²) < 4.78 is 7.81. The molecule has 6 heteroatoms. The monoisotopic (exact) mass is 422 g/mol. The van der Waals surface area contributed by atoms with Crippen LogP contribution in [0.25, 0.3) is 10.9 Å². The number of carbonyl (C=O) groups is 1. The van der Waals surface area contributed by atoms with Crippen LogP contribution in [-0.2, 0) is 16.2 Å². The van der Waals surface area contributed by atoms with E-state index in [1.807, 2.05) is 37.3 Å². The third-order valence-corrected chi connectivity index (χ3v) is 5.19. The maximum Gasteiger partial charge on any atom is 0.344 e. The molecule has 1 atom stereocenters. The van der Waals surface area contributed by atoms with E-state index < -0.39 is 12.1 Å². The summed E-state index contributed by atoms with van der Waals surface area (Å²) in [5, 5.41) is 14.8. The molecule has 0 aliphatic rings. The van der Waals surface area contributed by atoms with Gasteiger partial charge in [0.2, 0.25) is 0 Å². The highest BCUT2D eigenvalue weighted by Gasteiger charge is 2.18. The van der Waals surface area contributed by atoms with Gasteiger partial charge in [-0.15, -0.1) is 0 Å². The summed E-state index contributed by atoms with van der Waals surface area (Å²) in [6.07, 6.45) is 3.36. The van der Waals surface area contributed by atoms with Gasteiger partial charge in [-0.25, -0.2) is 4.79 Å². The number of hydrogen-bond acceptors (Lipinski definition) is 4. The van der Waals surface area contributed by atoms with Gasteiger partial charge in [-0.2, -0.15) is 0 Å². The first-order valence-electron chi connectivity index (χ1n) is 10.8. The van der Waals surface area contributed by atoms with Gasteiger partial charge in [0.25, 0.3) is 0 Å². The van der Waals surface area contributed by atoms with Crippen LogP contribution in [0.1, 0.15) is 44.2 Å². The summed E-state index contributed by atoms with van der Waals surface area (Å²) in [7, 11) is 0. The van der Waals surface area contributed by atoms with Crippen molar-refractivity contribution in [1.29, 1.82) is 0 Å². The van der Waals surface area contributed by atoms with Crippen LogP contribution in [0.4, 0.5) is 0 Å². The number of benzene rings is 2. The number of rotatable bonds is 11. The fourth-order valence-corrected chi connectivity index (χ4v) is 3.50. The number of aliphatic carboxylic acids is 1. The molecule has 2 aromatic carbocycles. The van der Waals surface area contributed by atoms with Gasteiger partial charge in [0.05, 0.1) is 12.3 Å². The summed E-state index contributed by atoms with van der Waals surface area (Å²) in [4.78, 5) is 16.9. The number of para-hydroxylation sites is 1. The molecule has 0 spiro atoms. The molecule has 0 aliphatic carbocycles. The Hall–Kier alpha value is -3.28. The smallest absolute Gasteiger partial charge is 0.344 e. The Morgan fingerprint density at radius 2 is 1.97 bits per heavy atom. The normalized spacial score (nSPS) is 12.7. The second-order valence-corrected chi connectivity index (χ2v) is 7.52. The van der Waals surface area contributed by atoms with Gasteiger partial charge in [-0.05, 0) is 66.6 Å². The highest BCUT2D eigenvalue weighted by molar-refractivity contribution is 6.00. The van der Waals surface area contributed by atoms with Crippen molar-refractivity contribution in [3.05, 3.63) is 65.9 Å². The van der Waals surface area contributed by atoms with Crippen LogP contribution in [-0.4, -0.2) is 34.1 Å². The standard InChI is InChI=1S/C25H30N2O4/c1-4-8-21(20-11-12-24(18(3)17-20)31-23(5-2)25(28)29)26-30-16-15-27-14-13-19-9-6-7-10-22(19)27/h6-7,9-14,17,23H,4-5,8,15-16H2,1-3H3,(H,28,29). The molecule has 3 rings (SSSR count). The quantitative estimate of drug-likeness (QED) is 0.255. The molecule has 0 bridgehead atoms. The number of oxime groups is 1. The van der Waals surface area contributed by atoms with Crippen LogP contribution >= 0.6 is 0 Å². The van der Waals surface area contributed by atoms with Crippen molar-refractivity contribution in [2.24, 2.45) is 5.16 Å². The van der Waals surface area contributed by atoms with Crippen LogP contribution in [0.15, 0.2) is 59.9 Å². The lowest BCUT2D eigenvalue weighted by Crippen LogP contribution is -2.26. The van der Waals surface area contributed by atoms with E-state index in [0.29, 0.717) is 18.8 Å². The van der Waals surface area contributed by atoms with Crippen LogP contribution in [0.5, 0.6) is 5.75 Å². The predicted molar refractivity (Wildman–Crippen MR) is 123 cm³/mol. The zero-order chi connectivity index (χ0) is 22.2. The summed E-state index contributed by atoms with van der Waals surface area (Å²) in [5.74, 6) is -0.377. The lowest BCUT2D eigenvalue weighted by atomic mass is 10.0. The number of hydrogen-bond donors (Lipinski definition) is 1. The van der Waals surface area contributed by atoms with Gasteiger partial charge in [-0.1, -0.05) is 43.6 Å². The zero-order valence-corrected chi connectivity index (χ0v) is 18.4. The third kappa shape index (κ3) is 5.66. The van der Waals surface area contributed by atoms with E-state index in [4.69, 9.17) is 9.57 Å². The molecular weight excluding hydrogens is 392 g/mol. The molecule has 0 radical (unpaired) electrons. The molecule has 31 heavy (non-hydrogen) atoms. The average Bonchev–Trinajstić information content (AvgIpc) is 3.18. The molecule has 3 aromatic rings. The number of aromatic nitrogens is 1. The SMILES string of the molecule is CCCC(=NOCCn1ccc2ccccc21)c1ccc(OC(CC)C(=O)O)c(C)c1. The number of nitrogens with zero attached hydrogens (tertiary/aromatic N) is 2. The second-order valence-electron chi connectivity index (χ2n) is 7.52. The lowest BCUT2D eigenvalue weighted by molar-refractivity contribution is -0.145. The highest BCUT2D eigenvalue weighted by atomic mass is 16.6. The molecular formula is C25H30N2O4. The van der Waals surface area contributed by atoms with E-state index in [1.54, 1.807) is 6.92 Å². The Bertz CT molecular complexity index is 1050. The Balaban J connectivity index is 1.67. The minimum Gasteiger partial charge on any atom is -0.479 e. The summed E-state index contributed by atoms with van der Waals surface area (Å²) >= 11 is 0. The van der Waals surface area contributed by atoms with Gasteiger partial charge < -0.3 is 19.2 Å². The van der Waals surface area contributed by atoms with E-state index in [1.165, 1.54) is 10.9 Å². The molecule has 0 fully saturated rings. The first-order chi connectivity index (χ1) is 15.0. The van der Waals surface area contributed by atoms with Gasteiger partial charge in [-0.3, -0.25) is 0 Å². The fourth-order valence-electron chi connectivity index (χ4n) is 3.50. The van der Waals surface area contributed by atoms with Gasteiger partial charge >= 0.3 is 5.97 Å². The van der Waals surface area contributed by atoms with E-state index in [9.17, 15) is 9.90 Å². The van der Waals surface area contributed by atoms with Crippen molar-refractivity contribution in [3.8, 4) is 5.75 Å².